The zero-order valence-corrected chi connectivity index (χ0v) is 20.4. The summed E-state index contributed by atoms with van der Waals surface area (Å²) >= 11 is 0. The van der Waals surface area contributed by atoms with E-state index in [2.05, 4.69) is 13.0 Å². The van der Waals surface area contributed by atoms with Crippen LogP contribution in [0.3, 0.4) is 0 Å². The molecule has 1 aromatic heterocycles. The van der Waals surface area contributed by atoms with Gasteiger partial charge in [-0.3, -0.25) is 4.79 Å². The minimum absolute atomic E-state index is 0.232. The van der Waals surface area contributed by atoms with E-state index in [0.29, 0.717) is 23.5 Å². The number of esters is 1. The maximum atomic E-state index is 13.5. The first-order valence-corrected chi connectivity index (χ1v) is 12.1. The Morgan fingerprint density at radius 3 is 2.42 bits per heavy atom. The molecular formula is C31H27NO4. The van der Waals surface area contributed by atoms with Crippen molar-refractivity contribution >= 4 is 34.3 Å². The Kier molecular flexibility index (Phi) is 6.63. The van der Waals surface area contributed by atoms with Gasteiger partial charge in [-0.05, 0) is 59.7 Å². The molecular weight excluding hydrogens is 450 g/mol. The van der Waals surface area contributed by atoms with Gasteiger partial charge in [0.05, 0.1) is 23.9 Å². The van der Waals surface area contributed by atoms with Crippen molar-refractivity contribution in [3.8, 4) is 5.75 Å². The van der Waals surface area contributed by atoms with Gasteiger partial charge in [0.1, 0.15) is 5.75 Å². The molecule has 0 radical (unpaired) electrons. The van der Waals surface area contributed by atoms with Crippen LogP contribution in [-0.4, -0.2) is 30.5 Å². The van der Waals surface area contributed by atoms with Crippen molar-refractivity contribution in [1.29, 1.82) is 0 Å². The average Bonchev–Trinajstić information content (AvgIpc) is 2.91. The predicted molar refractivity (Wildman–Crippen MR) is 141 cm³/mol. The largest absolute Gasteiger partial charge is 0.497 e. The first kappa shape index (κ1) is 23.5. The van der Waals surface area contributed by atoms with E-state index >= 15 is 0 Å². The molecule has 0 spiro atoms. The van der Waals surface area contributed by atoms with Gasteiger partial charge in [0.25, 0.3) is 0 Å². The predicted octanol–water partition coefficient (Wildman–Crippen LogP) is 6.41. The number of carbonyl (C=O) groups excluding carboxylic acids is 2. The molecule has 180 valence electrons. The fourth-order valence-corrected chi connectivity index (χ4v) is 4.78. The zero-order valence-electron chi connectivity index (χ0n) is 20.4. The number of aromatic nitrogens is 1. The Morgan fingerprint density at radius 2 is 1.67 bits per heavy atom. The van der Waals surface area contributed by atoms with Crippen LogP contribution in [0.15, 0.2) is 78.9 Å². The number of ether oxygens (including phenoxy) is 2. The van der Waals surface area contributed by atoms with Gasteiger partial charge < -0.3 is 9.47 Å². The number of para-hydroxylation sites is 1. The number of pyridine rings is 1. The monoisotopic (exact) mass is 477 g/mol. The fraction of sp³-hybridized carbons (Fsp3) is 0.194. The van der Waals surface area contributed by atoms with Gasteiger partial charge in [0.2, 0.25) is 0 Å². The van der Waals surface area contributed by atoms with Gasteiger partial charge in [0, 0.05) is 10.9 Å². The molecule has 1 atom stereocenters. The van der Waals surface area contributed by atoms with Crippen molar-refractivity contribution in [2.45, 2.75) is 19.8 Å². The molecule has 1 aliphatic rings. The number of hydrogen-bond acceptors (Lipinski definition) is 5. The minimum Gasteiger partial charge on any atom is -0.497 e. The van der Waals surface area contributed by atoms with Crippen LogP contribution in [0.4, 0.5) is 0 Å². The third kappa shape index (κ3) is 4.78. The lowest BCUT2D eigenvalue weighted by atomic mass is 9.80. The van der Waals surface area contributed by atoms with Gasteiger partial charge in [-0.15, -0.1) is 0 Å². The van der Waals surface area contributed by atoms with Crippen LogP contribution >= 0.6 is 0 Å². The van der Waals surface area contributed by atoms with E-state index in [1.165, 1.54) is 0 Å². The SMILES string of the molecule is COc1ccc(C=C2CC(C)Cc3c2nc2ccccc2c3C(=O)OCC(=O)c2ccccc2)cc1. The Balaban J connectivity index is 1.55. The molecule has 0 saturated carbocycles. The Bertz CT molecular complexity index is 1460. The van der Waals surface area contributed by atoms with Crippen molar-refractivity contribution in [1.82, 2.24) is 4.98 Å². The molecule has 0 N–H and O–H groups in total. The lowest BCUT2D eigenvalue weighted by Crippen LogP contribution is -2.21. The fourth-order valence-electron chi connectivity index (χ4n) is 4.78. The topological polar surface area (TPSA) is 65.5 Å². The van der Waals surface area contributed by atoms with Gasteiger partial charge >= 0.3 is 5.97 Å². The number of methoxy groups -OCH3 is 1. The highest BCUT2D eigenvalue weighted by Crippen LogP contribution is 2.38. The van der Waals surface area contributed by atoms with Crippen molar-refractivity contribution in [2.75, 3.05) is 13.7 Å². The molecule has 3 aromatic carbocycles. The number of hydrogen-bond donors (Lipinski definition) is 0. The molecule has 1 aliphatic carbocycles. The van der Waals surface area contributed by atoms with E-state index < -0.39 is 5.97 Å². The van der Waals surface area contributed by atoms with Crippen LogP contribution in [0.5, 0.6) is 5.75 Å². The molecule has 1 heterocycles. The maximum absolute atomic E-state index is 13.5. The van der Waals surface area contributed by atoms with Crippen molar-refractivity contribution in [3.63, 3.8) is 0 Å². The Hall–Kier alpha value is -4.25. The first-order chi connectivity index (χ1) is 17.5. The average molecular weight is 478 g/mol. The normalized spacial score (nSPS) is 15.9. The number of Topliss-reactive ketones (excluding diaryl/α,β-unsaturated/α-hetero) is 1. The summed E-state index contributed by atoms with van der Waals surface area (Å²) < 4.78 is 10.9. The van der Waals surface area contributed by atoms with E-state index in [1.54, 1.807) is 31.4 Å². The van der Waals surface area contributed by atoms with E-state index in [1.807, 2.05) is 54.6 Å². The smallest absolute Gasteiger partial charge is 0.339 e. The molecule has 5 rings (SSSR count). The van der Waals surface area contributed by atoms with Crippen molar-refractivity contribution in [2.24, 2.45) is 5.92 Å². The number of nitrogens with zero attached hydrogens (tertiary/aromatic N) is 1. The van der Waals surface area contributed by atoms with Crippen molar-refractivity contribution < 1.29 is 19.1 Å². The summed E-state index contributed by atoms with van der Waals surface area (Å²) in [6, 6.07) is 24.4. The number of rotatable bonds is 6. The zero-order chi connectivity index (χ0) is 25.1. The van der Waals surface area contributed by atoms with Crippen LogP contribution in [-0.2, 0) is 11.2 Å². The van der Waals surface area contributed by atoms with Crippen LogP contribution in [0.1, 0.15) is 50.9 Å². The molecule has 0 fully saturated rings. The Labute approximate surface area is 210 Å². The molecule has 5 heteroatoms. The summed E-state index contributed by atoms with van der Waals surface area (Å²) in [5.74, 6) is 0.396. The maximum Gasteiger partial charge on any atom is 0.339 e. The van der Waals surface area contributed by atoms with Gasteiger partial charge in [-0.2, -0.15) is 0 Å². The molecule has 0 saturated heterocycles. The Morgan fingerprint density at radius 1 is 0.944 bits per heavy atom. The second-order valence-corrected chi connectivity index (χ2v) is 9.15. The van der Waals surface area contributed by atoms with Gasteiger partial charge in [-0.1, -0.05) is 67.6 Å². The van der Waals surface area contributed by atoms with Crippen LogP contribution in [0, 0.1) is 5.92 Å². The summed E-state index contributed by atoms with van der Waals surface area (Å²) in [7, 11) is 1.65. The second-order valence-electron chi connectivity index (χ2n) is 9.15. The van der Waals surface area contributed by atoms with E-state index in [9.17, 15) is 9.59 Å². The highest BCUT2D eigenvalue weighted by Gasteiger charge is 2.29. The lowest BCUT2D eigenvalue weighted by molar-refractivity contribution is 0.0475. The molecule has 0 amide bonds. The standard InChI is InChI=1S/C31H27NO4/c1-20-16-23(18-21-12-14-24(35-2)15-13-21)30-26(17-20)29(25-10-6-7-11-27(25)32-30)31(34)36-19-28(33)22-8-4-3-5-9-22/h3-15,18,20H,16-17,19H2,1-2H3. The number of ketones is 1. The summed E-state index contributed by atoms with van der Waals surface area (Å²) in [4.78, 5) is 31.0. The number of benzene rings is 3. The molecule has 0 aliphatic heterocycles. The lowest BCUT2D eigenvalue weighted by Gasteiger charge is -2.26. The molecule has 1 unspecified atom stereocenters. The highest BCUT2D eigenvalue weighted by atomic mass is 16.5. The summed E-state index contributed by atoms with van der Waals surface area (Å²) in [5, 5.41) is 0.742. The first-order valence-electron chi connectivity index (χ1n) is 12.1. The summed E-state index contributed by atoms with van der Waals surface area (Å²) in [6.07, 6.45) is 3.69. The quantitative estimate of drug-likeness (QED) is 0.237. The summed E-state index contributed by atoms with van der Waals surface area (Å²) in [5.41, 5.74) is 5.57. The summed E-state index contributed by atoms with van der Waals surface area (Å²) in [6.45, 7) is 1.87. The van der Waals surface area contributed by atoms with Gasteiger partial charge in [-0.25, -0.2) is 9.78 Å². The minimum atomic E-state index is -0.493. The van der Waals surface area contributed by atoms with Crippen LogP contribution in [0.2, 0.25) is 0 Å². The second kappa shape index (κ2) is 10.2. The van der Waals surface area contributed by atoms with Gasteiger partial charge in [0.15, 0.2) is 12.4 Å². The number of allylic oxidation sites excluding steroid dienone is 1. The third-order valence-electron chi connectivity index (χ3n) is 6.51. The molecule has 4 aromatic rings. The van der Waals surface area contributed by atoms with Crippen LogP contribution < -0.4 is 4.74 Å². The number of carbonyl (C=O) groups is 2. The van der Waals surface area contributed by atoms with E-state index in [0.717, 1.165) is 45.5 Å². The highest BCUT2D eigenvalue weighted by molar-refractivity contribution is 6.08. The van der Waals surface area contributed by atoms with E-state index in [4.69, 9.17) is 14.5 Å². The molecule has 36 heavy (non-hydrogen) atoms. The number of fused-ring (bicyclic) bond motifs is 2. The van der Waals surface area contributed by atoms with Crippen LogP contribution in [0.25, 0.3) is 22.6 Å². The molecule has 0 bridgehead atoms. The van der Waals surface area contributed by atoms with E-state index in [-0.39, 0.29) is 12.4 Å². The van der Waals surface area contributed by atoms with Crippen molar-refractivity contribution in [3.05, 3.63) is 107 Å². The molecule has 5 nitrogen and oxygen atoms in total. The third-order valence-corrected chi connectivity index (χ3v) is 6.51.